The molecule has 1 heterocycles. The number of nitrogens with one attached hydrogen (secondary N) is 1. The van der Waals surface area contributed by atoms with Crippen LogP contribution in [0, 0.1) is 0 Å². The lowest BCUT2D eigenvalue weighted by atomic mass is 10.1. The van der Waals surface area contributed by atoms with Crippen molar-refractivity contribution in [3.8, 4) is 0 Å². The third-order valence-electron chi connectivity index (χ3n) is 5.04. The average Bonchev–Trinajstić information content (AvgIpc) is 3.19. The normalized spacial score (nSPS) is 15.1. The third-order valence-corrected chi connectivity index (χ3v) is 6.65. The van der Waals surface area contributed by atoms with Crippen LogP contribution in [0.4, 0.5) is 17.1 Å². The van der Waals surface area contributed by atoms with Crippen molar-refractivity contribution in [1.82, 2.24) is 0 Å². The molecule has 0 radical (unpaired) electrons. The van der Waals surface area contributed by atoms with E-state index in [2.05, 4.69) is 10.2 Å². The second-order valence-corrected chi connectivity index (χ2v) is 10.1. The van der Waals surface area contributed by atoms with E-state index in [-0.39, 0.29) is 12.1 Å². The fourth-order valence-electron chi connectivity index (χ4n) is 3.68. The number of halogens is 2. The molecule has 1 fully saturated rings. The van der Waals surface area contributed by atoms with Crippen LogP contribution in [0.2, 0.25) is 10.0 Å². The Morgan fingerprint density at radius 2 is 1.67 bits per heavy atom. The average molecular weight is 470 g/mol. The van der Waals surface area contributed by atoms with Crippen LogP contribution in [0.1, 0.15) is 26.2 Å². The first-order valence-electron chi connectivity index (χ1n) is 9.80. The van der Waals surface area contributed by atoms with Crippen LogP contribution < -0.4 is 14.5 Å². The standard InChI is InChI=1S/C21H25Cl2N3O3S/c1-3-20(26(30(2,28)29)19-13-15(22)12-16(23)14-19)21(27)24-17-6-8-18(9-7-17)25-10-4-5-11-25/h6-9,12-14,20H,3-5,10-11H2,1-2H3,(H,24,27). The van der Waals surface area contributed by atoms with Crippen LogP contribution >= 0.6 is 23.2 Å². The third kappa shape index (κ3) is 5.39. The summed E-state index contributed by atoms with van der Waals surface area (Å²) in [5.74, 6) is -0.423. The Hall–Kier alpha value is -1.96. The van der Waals surface area contributed by atoms with Gasteiger partial charge in [-0.1, -0.05) is 30.1 Å². The molecular weight excluding hydrogens is 445 g/mol. The number of carbonyl (C=O) groups is 1. The maximum atomic E-state index is 13.0. The van der Waals surface area contributed by atoms with Gasteiger partial charge in [0.25, 0.3) is 0 Å². The van der Waals surface area contributed by atoms with E-state index in [1.165, 1.54) is 31.0 Å². The van der Waals surface area contributed by atoms with Gasteiger partial charge in [0.05, 0.1) is 11.9 Å². The van der Waals surface area contributed by atoms with E-state index >= 15 is 0 Å². The van der Waals surface area contributed by atoms with Gasteiger partial charge in [-0.15, -0.1) is 0 Å². The number of anilines is 3. The Kier molecular flexibility index (Phi) is 7.16. The summed E-state index contributed by atoms with van der Waals surface area (Å²) in [6, 6.07) is 11.1. The zero-order valence-electron chi connectivity index (χ0n) is 16.9. The summed E-state index contributed by atoms with van der Waals surface area (Å²) < 4.78 is 26.2. The number of benzene rings is 2. The summed E-state index contributed by atoms with van der Waals surface area (Å²) in [6.07, 6.45) is 3.70. The molecular formula is C21H25Cl2N3O3S. The molecule has 0 spiro atoms. The molecule has 1 aliphatic heterocycles. The minimum Gasteiger partial charge on any atom is -0.372 e. The maximum Gasteiger partial charge on any atom is 0.248 e. The van der Waals surface area contributed by atoms with E-state index in [0.29, 0.717) is 15.7 Å². The number of carbonyl (C=O) groups excluding carboxylic acids is 1. The SMILES string of the molecule is CCC(C(=O)Nc1ccc(N2CCCC2)cc1)N(c1cc(Cl)cc(Cl)c1)S(C)(=O)=O. The summed E-state index contributed by atoms with van der Waals surface area (Å²) in [7, 11) is -3.77. The molecule has 1 N–H and O–H groups in total. The van der Waals surface area contributed by atoms with Crippen molar-refractivity contribution >= 4 is 56.2 Å². The molecule has 1 amide bonds. The van der Waals surface area contributed by atoms with Gasteiger partial charge >= 0.3 is 0 Å². The highest BCUT2D eigenvalue weighted by Crippen LogP contribution is 2.30. The Bertz CT molecular complexity index is 986. The van der Waals surface area contributed by atoms with Crippen molar-refractivity contribution in [3.63, 3.8) is 0 Å². The molecule has 6 nitrogen and oxygen atoms in total. The molecule has 1 unspecified atom stereocenters. The van der Waals surface area contributed by atoms with Gasteiger partial charge in [0.2, 0.25) is 15.9 Å². The molecule has 1 saturated heterocycles. The number of amides is 1. The first-order valence-corrected chi connectivity index (χ1v) is 12.4. The van der Waals surface area contributed by atoms with Gasteiger partial charge in [0, 0.05) is 34.5 Å². The van der Waals surface area contributed by atoms with Crippen LogP contribution in [0.3, 0.4) is 0 Å². The van der Waals surface area contributed by atoms with Gasteiger partial charge < -0.3 is 10.2 Å². The fourth-order valence-corrected chi connectivity index (χ4v) is 5.39. The maximum absolute atomic E-state index is 13.0. The molecule has 1 aliphatic rings. The van der Waals surface area contributed by atoms with Crippen LogP contribution in [-0.4, -0.2) is 39.7 Å². The van der Waals surface area contributed by atoms with Gasteiger partial charge in [-0.3, -0.25) is 9.10 Å². The van der Waals surface area contributed by atoms with Crippen molar-refractivity contribution in [2.45, 2.75) is 32.2 Å². The van der Waals surface area contributed by atoms with Crippen molar-refractivity contribution in [3.05, 3.63) is 52.5 Å². The first kappa shape index (κ1) is 22.7. The topological polar surface area (TPSA) is 69.7 Å². The summed E-state index contributed by atoms with van der Waals surface area (Å²) >= 11 is 12.1. The number of hydrogen-bond donors (Lipinski definition) is 1. The van der Waals surface area contributed by atoms with Crippen molar-refractivity contribution in [2.24, 2.45) is 0 Å². The second-order valence-electron chi connectivity index (χ2n) is 7.34. The Balaban J connectivity index is 1.83. The highest BCUT2D eigenvalue weighted by atomic mass is 35.5. The van der Waals surface area contributed by atoms with Crippen molar-refractivity contribution < 1.29 is 13.2 Å². The lowest BCUT2D eigenvalue weighted by Crippen LogP contribution is -2.47. The van der Waals surface area contributed by atoms with Crippen molar-refractivity contribution in [2.75, 3.05) is 33.9 Å². The minimum atomic E-state index is -3.77. The van der Waals surface area contributed by atoms with Crippen LogP contribution in [0.15, 0.2) is 42.5 Å². The van der Waals surface area contributed by atoms with Gasteiger partial charge in [-0.2, -0.15) is 0 Å². The zero-order chi connectivity index (χ0) is 21.9. The van der Waals surface area contributed by atoms with E-state index in [4.69, 9.17) is 23.2 Å². The zero-order valence-corrected chi connectivity index (χ0v) is 19.3. The Labute approximate surface area is 187 Å². The predicted molar refractivity (Wildman–Crippen MR) is 124 cm³/mol. The lowest BCUT2D eigenvalue weighted by Gasteiger charge is -2.30. The van der Waals surface area contributed by atoms with Crippen LogP contribution in [-0.2, 0) is 14.8 Å². The molecule has 0 bridgehead atoms. The summed E-state index contributed by atoms with van der Waals surface area (Å²) in [5, 5.41) is 3.41. The predicted octanol–water partition coefficient (Wildman–Crippen LogP) is 4.78. The van der Waals surface area contributed by atoms with E-state index in [0.717, 1.165) is 29.3 Å². The Morgan fingerprint density at radius 3 is 2.17 bits per heavy atom. The smallest absolute Gasteiger partial charge is 0.248 e. The molecule has 9 heteroatoms. The fraction of sp³-hybridized carbons (Fsp3) is 0.381. The van der Waals surface area contributed by atoms with E-state index in [9.17, 15) is 13.2 Å². The van der Waals surface area contributed by atoms with Gasteiger partial charge in [0.1, 0.15) is 6.04 Å². The molecule has 30 heavy (non-hydrogen) atoms. The molecule has 0 aliphatic carbocycles. The number of rotatable bonds is 7. The van der Waals surface area contributed by atoms with Gasteiger partial charge in [0.15, 0.2) is 0 Å². The molecule has 2 aromatic carbocycles. The largest absolute Gasteiger partial charge is 0.372 e. The highest BCUT2D eigenvalue weighted by Gasteiger charge is 2.32. The lowest BCUT2D eigenvalue weighted by molar-refractivity contribution is -0.117. The van der Waals surface area contributed by atoms with Crippen molar-refractivity contribution in [1.29, 1.82) is 0 Å². The highest BCUT2D eigenvalue weighted by molar-refractivity contribution is 7.92. The number of sulfonamides is 1. The molecule has 3 rings (SSSR count). The minimum absolute atomic E-state index is 0.251. The quantitative estimate of drug-likeness (QED) is 0.633. The Morgan fingerprint density at radius 1 is 1.10 bits per heavy atom. The summed E-state index contributed by atoms with van der Waals surface area (Å²) in [6.45, 7) is 3.83. The molecule has 1 atom stereocenters. The molecule has 0 saturated carbocycles. The first-order chi connectivity index (χ1) is 14.2. The van der Waals surface area contributed by atoms with Crippen LogP contribution in [0.5, 0.6) is 0 Å². The second kappa shape index (κ2) is 9.45. The monoisotopic (exact) mass is 469 g/mol. The number of nitrogens with zero attached hydrogens (tertiary/aromatic N) is 2. The van der Waals surface area contributed by atoms with Gasteiger partial charge in [-0.25, -0.2) is 8.42 Å². The van der Waals surface area contributed by atoms with Gasteiger partial charge in [-0.05, 0) is 61.7 Å². The molecule has 0 aromatic heterocycles. The van der Waals surface area contributed by atoms with E-state index < -0.39 is 22.0 Å². The summed E-state index contributed by atoms with van der Waals surface area (Å²) in [4.78, 5) is 15.3. The number of hydrogen-bond acceptors (Lipinski definition) is 4. The van der Waals surface area contributed by atoms with E-state index in [1.54, 1.807) is 6.92 Å². The van der Waals surface area contributed by atoms with E-state index in [1.807, 2.05) is 24.3 Å². The molecule has 162 valence electrons. The summed E-state index contributed by atoms with van der Waals surface area (Å²) in [5.41, 5.74) is 1.98. The van der Waals surface area contributed by atoms with Crippen LogP contribution in [0.25, 0.3) is 0 Å². The molecule has 2 aromatic rings.